The molecule has 1 atom stereocenters. The van der Waals surface area contributed by atoms with E-state index < -0.39 is 0 Å². The van der Waals surface area contributed by atoms with Crippen LogP contribution in [0.25, 0.3) is 0 Å². The zero-order valence-electron chi connectivity index (χ0n) is 11.0. The number of carbonyl (C=O) groups is 1. The Kier molecular flexibility index (Phi) is 5.08. The average molecular weight is 256 g/mol. The van der Waals surface area contributed by atoms with Crippen LogP contribution in [0.5, 0.6) is 0 Å². The van der Waals surface area contributed by atoms with Gasteiger partial charge < -0.3 is 4.74 Å². The third-order valence-corrected chi connectivity index (χ3v) is 3.68. The van der Waals surface area contributed by atoms with Crippen molar-refractivity contribution >= 4 is 17.3 Å². The van der Waals surface area contributed by atoms with Gasteiger partial charge in [-0.15, -0.1) is 11.3 Å². The summed E-state index contributed by atoms with van der Waals surface area (Å²) in [7, 11) is 1.42. The average Bonchev–Trinajstić information content (AvgIpc) is 2.57. The molecule has 0 saturated carbocycles. The second-order valence-electron chi connectivity index (χ2n) is 4.37. The van der Waals surface area contributed by atoms with Crippen molar-refractivity contribution in [3.05, 3.63) is 15.6 Å². The predicted molar refractivity (Wildman–Crippen MR) is 69.1 cm³/mol. The van der Waals surface area contributed by atoms with Gasteiger partial charge in [-0.25, -0.2) is 4.98 Å². The maximum absolute atomic E-state index is 11.6. The molecule has 0 unspecified atom stereocenters. The zero-order chi connectivity index (χ0) is 13.0. The summed E-state index contributed by atoms with van der Waals surface area (Å²) >= 11 is 1.66. The van der Waals surface area contributed by atoms with Gasteiger partial charge >= 0.3 is 5.97 Å². The van der Waals surface area contributed by atoms with Gasteiger partial charge in [-0.1, -0.05) is 13.8 Å². The molecule has 1 heterocycles. The quantitative estimate of drug-likeness (QED) is 0.819. The molecule has 4 nitrogen and oxygen atoms in total. The van der Waals surface area contributed by atoms with E-state index in [0.717, 1.165) is 10.7 Å². The molecule has 0 fully saturated rings. The van der Waals surface area contributed by atoms with Crippen molar-refractivity contribution in [3.8, 4) is 0 Å². The molecule has 1 N–H and O–H groups in total. The molecule has 96 valence electrons. The number of aryl methyl sites for hydroxylation is 2. The van der Waals surface area contributed by atoms with E-state index in [1.54, 1.807) is 11.3 Å². The largest absolute Gasteiger partial charge is 0.468 e. The Morgan fingerprint density at radius 1 is 1.47 bits per heavy atom. The highest BCUT2D eigenvalue weighted by molar-refractivity contribution is 7.11. The van der Waals surface area contributed by atoms with Crippen LogP contribution in [0.4, 0.5) is 0 Å². The maximum Gasteiger partial charge on any atom is 0.323 e. The van der Waals surface area contributed by atoms with Crippen LogP contribution in [0.1, 0.15) is 29.4 Å². The molecule has 0 bridgehead atoms. The van der Waals surface area contributed by atoms with E-state index in [1.165, 1.54) is 12.0 Å². The lowest BCUT2D eigenvalue weighted by atomic mass is 10.0. The van der Waals surface area contributed by atoms with Gasteiger partial charge in [-0.2, -0.15) is 0 Å². The lowest BCUT2D eigenvalue weighted by molar-refractivity contribution is -0.144. The van der Waals surface area contributed by atoms with Gasteiger partial charge in [-0.3, -0.25) is 10.1 Å². The zero-order valence-corrected chi connectivity index (χ0v) is 11.9. The Morgan fingerprint density at radius 3 is 2.53 bits per heavy atom. The number of hydrogen-bond donors (Lipinski definition) is 1. The standard InChI is InChI=1S/C12H20N2O2S/c1-7(2)11(12(15)16-5)13-6-10-8(3)14-9(4)17-10/h7,11,13H,6H2,1-5H3/t11-/m0/s1. The summed E-state index contributed by atoms with van der Waals surface area (Å²) in [6, 6.07) is -0.262. The number of esters is 1. The number of aromatic nitrogens is 1. The van der Waals surface area contributed by atoms with Crippen LogP contribution in [0.2, 0.25) is 0 Å². The minimum Gasteiger partial charge on any atom is -0.468 e. The first-order valence-corrected chi connectivity index (χ1v) is 6.51. The van der Waals surface area contributed by atoms with Crippen molar-refractivity contribution < 1.29 is 9.53 Å². The number of ether oxygens (including phenoxy) is 1. The molecule has 1 aromatic heterocycles. The minimum atomic E-state index is -0.262. The van der Waals surface area contributed by atoms with Gasteiger partial charge in [0.25, 0.3) is 0 Å². The van der Waals surface area contributed by atoms with Crippen molar-refractivity contribution in [2.24, 2.45) is 5.92 Å². The number of carbonyl (C=O) groups excluding carboxylic acids is 1. The number of nitrogens with one attached hydrogen (secondary N) is 1. The van der Waals surface area contributed by atoms with Crippen molar-refractivity contribution in [2.75, 3.05) is 7.11 Å². The van der Waals surface area contributed by atoms with E-state index >= 15 is 0 Å². The Hall–Kier alpha value is -0.940. The summed E-state index contributed by atoms with van der Waals surface area (Å²) in [5.74, 6) is -0.00401. The number of rotatable bonds is 5. The molecule has 0 amide bonds. The summed E-state index contributed by atoms with van der Waals surface area (Å²) in [5.41, 5.74) is 1.03. The van der Waals surface area contributed by atoms with Crippen molar-refractivity contribution in [2.45, 2.75) is 40.3 Å². The maximum atomic E-state index is 11.6. The van der Waals surface area contributed by atoms with E-state index in [4.69, 9.17) is 4.74 Å². The fraction of sp³-hybridized carbons (Fsp3) is 0.667. The second-order valence-corrected chi connectivity index (χ2v) is 5.65. The molecular formula is C12H20N2O2S. The molecule has 5 heteroatoms. The molecule has 0 spiro atoms. The summed E-state index contributed by atoms with van der Waals surface area (Å²) in [6.45, 7) is 8.64. The second kappa shape index (κ2) is 6.12. The van der Waals surface area contributed by atoms with Gasteiger partial charge in [0, 0.05) is 11.4 Å². The fourth-order valence-corrected chi connectivity index (χ4v) is 2.55. The van der Waals surface area contributed by atoms with Gasteiger partial charge in [0.05, 0.1) is 17.8 Å². The highest BCUT2D eigenvalue weighted by atomic mass is 32.1. The highest BCUT2D eigenvalue weighted by Crippen LogP contribution is 2.17. The van der Waals surface area contributed by atoms with Gasteiger partial charge in [0.1, 0.15) is 6.04 Å². The lowest BCUT2D eigenvalue weighted by Gasteiger charge is -2.19. The van der Waals surface area contributed by atoms with Crippen LogP contribution in [-0.4, -0.2) is 24.1 Å². The Labute approximate surface area is 106 Å². The molecule has 1 aromatic rings. The minimum absolute atomic E-state index is 0.205. The van der Waals surface area contributed by atoms with Crippen LogP contribution in [0.15, 0.2) is 0 Å². The third kappa shape index (κ3) is 3.78. The first-order valence-electron chi connectivity index (χ1n) is 5.69. The lowest BCUT2D eigenvalue weighted by Crippen LogP contribution is -2.41. The fourth-order valence-electron chi connectivity index (χ4n) is 1.66. The molecule has 0 aliphatic rings. The van der Waals surface area contributed by atoms with Gasteiger partial charge in [-0.05, 0) is 19.8 Å². The molecule has 0 saturated heterocycles. The molecule has 0 aliphatic carbocycles. The molecule has 17 heavy (non-hydrogen) atoms. The molecule has 1 rings (SSSR count). The smallest absolute Gasteiger partial charge is 0.323 e. The third-order valence-electron chi connectivity index (χ3n) is 2.60. The van der Waals surface area contributed by atoms with E-state index in [1.807, 2.05) is 27.7 Å². The molecule has 0 radical (unpaired) electrons. The number of nitrogens with zero attached hydrogens (tertiary/aromatic N) is 1. The highest BCUT2D eigenvalue weighted by Gasteiger charge is 2.22. The summed E-state index contributed by atoms with van der Waals surface area (Å²) in [6.07, 6.45) is 0. The van der Waals surface area contributed by atoms with E-state index in [2.05, 4.69) is 10.3 Å². The Balaban J connectivity index is 2.64. The summed E-state index contributed by atoms with van der Waals surface area (Å²) < 4.78 is 4.78. The van der Waals surface area contributed by atoms with Gasteiger partial charge in [0.15, 0.2) is 0 Å². The Bertz CT molecular complexity index is 388. The normalized spacial score (nSPS) is 12.8. The van der Waals surface area contributed by atoms with Crippen LogP contribution in [0.3, 0.4) is 0 Å². The predicted octanol–water partition coefficient (Wildman–Crippen LogP) is 2.05. The van der Waals surface area contributed by atoms with Crippen molar-refractivity contribution in [1.82, 2.24) is 10.3 Å². The number of thiazole rings is 1. The number of hydrogen-bond acceptors (Lipinski definition) is 5. The number of methoxy groups -OCH3 is 1. The SMILES string of the molecule is COC(=O)[C@@H](NCc1sc(C)nc1C)C(C)C. The van der Waals surface area contributed by atoms with Crippen LogP contribution in [0, 0.1) is 19.8 Å². The van der Waals surface area contributed by atoms with Crippen LogP contribution in [-0.2, 0) is 16.1 Å². The van der Waals surface area contributed by atoms with Gasteiger partial charge in [0.2, 0.25) is 0 Å². The van der Waals surface area contributed by atoms with E-state index in [9.17, 15) is 4.79 Å². The summed E-state index contributed by atoms with van der Waals surface area (Å²) in [4.78, 5) is 17.1. The van der Waals surface area contributed by atoms with Crippen molar-refractivity contribution in [3.63, 3.8) is 0 Å². The van der Waals surface area contributed by atoms with E-state index in [0.29, 0.717) is 6.54 Å². The van der Waals surface area contributed by atoms with Crippen molar-refractivity contribution in [1.29, 1.82) is 0 Å². The first kappa shape index (κ1) is 14.1. The molecular weight excluding hydrogens is 236 g/mol. The van der Waals surface area contributed by atoms with E-state index in [-0.39, 0.29) is 17.9 Å². The topological polar surface area (TPSA) is 51.2 Å². The summed E-state index contributed by atoms with van der Waals surface area (Å²) in [5, 5.41) is 4.29. The van der Waals surface area contributed by atoms with Crippen LogP contribution >= 0.6 is 11.3 Å². The monoisotopic (exact) mass is 256 g/mol. The Morgan fingerprint density at radius 2 is 2.12 bits per heavy atom. The molecule has 0 aromatic carbocycles. The molecule has 0 aliphatic heterocycles. The first-order chi connectivity index (χ1) is 7.95. The van der Waals surface area contributed by atoms with Crippen LogP contribution < -0.4 is 5.32 Å².